The third-order valence-corrected chi connectivity index (χ3v) is 12.1. The van der Waals surface area contributed by atoms with E-state index in [2.05, 4.69) is 31.3 Å². The lowest BCUT2D eigenvalue weighted by molar-refractivity contribution is -0.359. The summed E-state index contributed by atoms with van der Waals surface area (Å²) in [6.07, 6.45) is 20.9. The van der Waals surface area contributed by atoms with E-state index in [9.17, 15) is 45.6 Å². The summed E-state index contributed by atoms with van der Waals surface area (Å²) >= 11 is 0. The molecule has 0 spiro atoms. The van der Waals surface area contributed by atoms with Gasteiger partial charge in [-0.2, -0.15) is 0 Å². The normalized spacial score (nSPS) is 27.9. The molecular formula is C48H89NO13. The summed E-state index contributed by atoms with van der Waals surface area (Å²) in [6, 6.07) is -0.910. The first-order valence-corrected chi connectivity index (χ1v) is 24.6. The first-order valence-electron chi connectivity index (χ1n) is 24.6. The Hall–Kier alpha value is -1.53. The lowest BCUT2D eigenvalue weighted by Crippen LogP contribution is -2.65. The molecule has 2 rings (SSSR count). The molecule has 0 aromatic heterocycles. The molecule has 12 unspecified atom stereocenters. The van der Waals surface area contributed by atoms with E-state index < -0.39 is 86.8 Å². The summed E-state index contributed by atoms with van der Waals surface area (Å²) in [6.45, 7) is 2.73. The van der Waals surface area contributed by atoms with Crippen LogP contribution in [0.25, 0.3) is 0 Å². The fourth-order valence-electron chi connectivity index (χ4n) is 8.05. The van der Waals surface area contributed by atoms with Crippen LogP contribution in [-0.2, 0) is 23.7 Å². The SMILES string of the molecule is CCCCCCCC/C=C\CCCCCCCCCCCC(=O)NC(COC1OC(CO)C(OC2OC(CO)C(O)C(O)C2O)C(O)C1O)C(O)/C=C/CCCCCCCCC. The Morgan fingerprint density at radius 1 is 0.565 bits per heavy atom. The molecule has 2 fully saturated rings. The van der Waals surface area contributed by atoms with Crippen molar-refractivity contribution in [1.82, 2.24) is 5.32 Å². The van der Waals surface area contributed by atoms with Crippen LogP contribution < -0.4 is 5.32 Å². The van der Waals surface area contributed by atoms with E-state index in [1.54, 1.807) is 6.08 Å². The Morgan fingerprint density at radius 2 is 1.02 bits per heavy atom. The highest BCUT2D eigenvalue weighted by Crippen LogP contribution is 2.30. The summed E-state index contributed by atoms with van der Waals surface area (Å²) in [5, 5.41) is 86.4. The van der Waals surface area contributed by atoms with Crippen molar-refractivity contribution in [2.75, 3.05) is 19.8 Å². The van der Waals surface area contributed by atoms with Crippen molar-refractivity contribution >= 4 is 5.91 Å². The summed E-state index contributed by atoms with van der Waals surface area (Å²) < 4.78 is 22.6. The largest absolute Gasteiger partial charge is 0.394 e. The molecule has 14 heteroatoms. The Labute approximate surface area is 373 Å². The summed E-state index contributed by atoms with van der Waals surface area (Å²) in [5.41, 5.74) is 0. The van der Waals surface area contributed by atoms with Crippen LogP contribution in [0.5, 0.6) is 0 Å². The van der Waals surface area contributed by atoms with E-state index in [0.29, 0.717) is 6.42 Å². The molecule has 0 bridgehead atoms. The zero-order valence-electron chi connectivity index (χ0n) is 38.4. The number of ether oxygens (including phenoxy) is 4. The number of aliphatic hydroxyl groups is 8. The number of hydrogen-bond acceptors (Lipinski definition) is 13. The first-order chi connectivity index (χ1) is 30.1. The van der Waals surface area contributed by atoms with E-state index in [4.69, 9.17) is 18.9 Å². The molecule has 0 aromatic carbocycles. The maximum absolute atomic E-state index is 13.1. The first kappa shape index (κ1) is 56.6. The molecule has 12 atom stereocenters. The van der Waals surface area contributed by atoms with Gasteiger partial charge in [-0.05, 0) is 44.9 Å². The predicted molar refractivity (Wildman–Crippen MR) is 240 cm³/mol. The number of hydrogen-bond donors (Lipinski definition) is 9. The molecule has 0 aromatic rings. The van der Waals surface area contributed by atoms with Gasteiger partial charge < -0.3 is 65.1 Å². The van der Waals surface area contributed by atoms with Crippen LogP contribution in [0.1, 0.15) is 181 Å². The molecule has 0 radical (unpaired) electrons. The average molecular weight is 888 g/mol. The second-order valence-corrected chi connectivity index (χ2v) is 17.6. The molecule has 1 amide bonds. The fourth-order valence-corrected chi connectivity index (χ4v) is 8.05. The number of aliphatic hydroxyl groups excluding tert-OH is 8. The molecule has 62 heavy (non-hydrogen) atoms. The zero-order chi connectivity index (χ0) is 45.4. The van der Waals surface area contributed by atoms with Crippen LogP contribution in [0.15, 0.2) is 24.3 Å². The third kappa shape index (κ3) is 23.1. The highest BCUT2D eigenvalue weighted by Gasteiger charge is 2.51. The molecular weight excluding hydrogens is 799 g/mol. The summed E-state index contributed by atoms with van der Waals surface area (Å²) in [4.78, 5) is 13.1. The summed E-state index contributed by atoms with van der Waals surface area (Å²) in [5.74, 6) is -0.245. The third-order valence-electron chi connectivity index (χ3n) is 12.1. The van der Waals surface area contributed by atoms with Crippen LogP contribution in [-0.4, -0.2) is 140 Å². The molecule has 2 saturated heterocycles. The van der Waals surface area contributed by atoms with Gasteiger partial charge in [0.1, 0.15) is 48.8 Å². The molecule has 2 heterocycles. The second kappa shape index (κ2) is 35.7. The Bertz CT molecular complexity index is 1140. The van der Waals surface area contributed by atoms with Crippen LogP contribution in [0.4, 0.5) is 0 Å². The van der Waals surface area contributed by atoms with Gasteiger partial charge in [0, 0.05) is 6.42 Å². The second-order valence-electron chi connectivity index (χ2n) is 17.6. The van der Waals surface area contributed by atoms with Gasteiger partial charge in [0.2, 0.25) is 5.91 Å². The number of rotatable bonds is 37. The quantitative estimate of drug-likeness (QED) is 0.0267. The molecule has 0 aliphatic carbocycles. The van der Waals surface area contributed by atoms with Crippen LogP contribution in [0.3, 0.4) is 0 Å². The van der Waals surface area contributed by atoms with Gasteiger partial charge in [-0.1, -0.05) is 154 Å². The highest BCUT2D eigenvalue weighted by molar-refractivity contribution is 5.76. The smallest absolute Gasteiger partial charge is 0.220 e. The number of carbonyl (C=O) groups is 1. The topological polar surface area (TPSA) is 228 Å². The minimum absolute atomic E-state index is 0.245. The van der Waals surface area contributed by atoms with E-state index in [-0.39, 0.29) is 18.9 Å². The fraction of sp³-hybridized carbons (Fsp3) is 0.896. The van der Waals surface area contributed by atoms with Crippen molar-refractivity contribution in [2.45, 2.75) is 254 Å². The predicted octanol–water partition coefficient (Wildman–Crippen LogP) is 5.77. The van der Waals surface area contributed by atoms with Gasteiger partial charge in [0.05, 0.1) is 32.0 Å². The lowest BCUT2D eigenvalue weighted by Gasteiger charge is -2.46. The molecule has 0 saturated carbocycles. The number of carbonyl (C=O) groups excluding carboxylic acids is 1. The van der Waals surface area contributed by atoms with Crippen molar-refractivity contribution in [1.29, 1.82) is 0 Å². The van der Waals surface area contributed by atoms with E-state index in [1.807, 2.05) is 6.08 Å². The van der Waals surface area contributed by atoms with Crippen LogP contribution in [0, 0.1) is 0 Å². The minimum Gasteiger partial charge on any atom is -0.394 e. The van der Waals surface area contributed by atoms with E-state index in [1.165, 1.54) is 116 Å². The maximum Gasteiger partial charge on any atom is 0.220 e. The van der Waals surface area contributed by atoms with E-state index >= 15 is 0 Å². The maximum atomic E-state index is 13.1. The summed E-state index contributed by atoms with van der Waals surface area (Å²) in [7, 11) is 0. The minimum atomic E-state index is -1.79. The number of nitrogens with one attached hydrogen (secondary N) is 1. The number of unbranched alkanes of at least 4 members (excludes halogenated alkanes) is 22. The standard InChI is InChI=1S/C48H89NO13/c1-3-5-7-9-11-13-14-15-16-17-18-19-20-21-22-24-26-28-30-32-40(53)49-36(37(52)31-29-27-25-23-12-10-8-6-4-2)35-59-47-45(58)43(56)46(39(34-51)61-47)62-48-44(57)42(55)41(54)38(33-50)60-48/h15-16,29,31,36-39,41-48,50-52,54-58H,3-14,17-28,30,32-35H2,1-2H3,(H,49,53)/b16-15-,31-29+. The van der Waals surface area contributed by atoms with Gasteiger partial charge in [0.15, 0.2) is 12.6 Å². The molecule has 14 nitrogen and oxygen atoms in total. The lowest BCUT2D eigenvalue weighted by atomic mass is 9.97. The van der Waals surface area contributed by atoms with Crippen molar-refractivity contribution in [2.24, 2.45) is 0 Å². The van der Waals surface area contributed by atoms with Gasteiger partial charge >= 0.3 is 0 Å². The van der Waals surface area contributed by atoms with Gasteiger partial charge in [-0.3, -0.25) is 4.79 Å². The Balaban J connectivity index is 1.81. The Morgan fingerprint density at radius 3 is 1.53 bits per heavy atom. The zero-order valence-corrected chi connectivity index (χ0v) is 38.4. The van der Waals surface area contributed by atoms with Crippen molar-refractivity contribution in [3.05, 3.63) is 24.3 Å². The Kier molecular flexibility index (Phi) is 32.6. The van der Waals surface area contributed by atoms with Crippen LogP contribution in [0.2, 0.25) is 0 Å². The highest BCUT2D eigenvalue weighted by atomic mass is 16.7. The number of allylic oxidation sites excluding steroid dienone is 3. The average Bonchev–Trinajstić information content (AvgIpc) is 3.27. The molecule has 2 aliphatic heterocycles. The molecule has 364 valence electrons. The van der Waals surface area contributed by atoms with Crippen molar-refractivity contribution in [3.8, 4) is 0 Å². The van der Waals surface area contributed by atoms with Gasteiger partial charge in [-0.25, -0.2) is 0 Å². The van der Waals surface area contributed by atoms with E-state index in [0.717, 1.165) is 38.5 Å². The van der Waals surface area contributed by atoms with Crippen molar-refractivity contribution in [3.63, 3.8) is 0 Å². The van der Waals surface area contributed by atoms with Gasteiger partial charge in [-0.15, -0.1) is 0 Å². The van der Waals surface area contributed by atoms with Crippen molar-refractivity contribution < 1.29 is 64.6 Å². The monoisotopic (exact) mass is 888 g/mol. The molecule has 9 N–H and O–H groups in total. The molecule has 2 aliphatic rings. The number of amides is 1. The van der Waals surface area contributed by atoms with Crippen LogP contribution >= 0.6 is 0 Å². The van der Waals surface area contributed by atoms with Gasteiger partial charge in [0.25, 0.3) is 0 Å².